The minimum atomic E-state index is -4.75. The third-order valence-corrected chi connectivity index (χ3v) is 2.00. The van der Waals surface area contributed by atoms with Crippen LogP contribution in [0.4, 0.5) is 17.6 Å². The highest BCUT2D eigenvalue weighted by Crippen LogP contribution is 2.32. The number of carbonyl (C=O) groups is 1. The minimum absolute atomic E-state index is 0.275. The molecule has 1 unspecified atom stereocenters. The Bertz CT molecular complexity index is 428. The van der Waals surface area contributed by atoms with Crippen LogP contribution in [0, 0.1) is 5.82 Å². The average Bonchev–Trinajstić information content (AvgIpc) is 2.14. The fourth-order valence-electron chi connectivity index (χ4n) is 1.25. The molecule has 0 heterocycles. The number of hydrogen-bond acceptors (Lipinski definition) is 2. The van der Waals surface area contributed by atoms with E-state index in [1.54, 1.807) is 0 Å². The molecule has 0 aliphatic heterocycles. The molecule has 0 saturated heterocycles. The molecule has 0 saturated carbocycles. The lowest BCUT2D eigenvalue weighted by molar-refractivity contribution is -0.139. The van der Waals surface area contributed by atoms with Crippen molar-refractivity contribution in [2.45, 2.75) is 18.7 Å². The predicted octanol–water partition coefficient (Wildman–Crippen LogP) is 2.35. The van der Waals surface area contributed by atoms with E-state index in [1.807, 2.05) is 0 Å². The predicted molar refractivity (Wildman–Crippen MR) is 48.6 cm³/mol. The Morgan fingerprint density at radius 3 is 2.35 bits per heavy atom. The molecular formula is C10H8F4O3. The molecule has 94 valence electrons. The number of aliphatic hydroxyl groups excluding tert-OH is 1. The van der Waals surface area contributed by atoms with E-state index in [4.69, 9.17) is 5.11 Å². The van der Waals surface area contributed by atoms with Crippen LogP contribution in [0.2, 0.25) is 0 Å². The first-order chi connectivity index (χ1) is 7.70. The van der Waals surface area contributed by atoms with Gasteiger partial charge in [-0.15, -0.1) is 0 Å². The van der Waals surface area contributed by atoms with Crippen molar-refractivity contribution >= 4 is 5.97 Å². The number of carboxylic acids is 1. The topological polar surface area (TPSA) is 57.5 Å². The molecule has 0 aliphatic carbocycles. The summed E-state index contributed by atoms with van der Waals surface area (Å²) in [7, 11) is 0. The molecule has 7 heteroatoms. The Kier molecular flexibility index (Phi) is 3.72. The zero-order chi connectivity index (χ0) is 13.2. The number of rotatable bonds is 3. The van der Waals surface area contributed by atoms with Crippen molar-refractivity contribution in [1.29, 1.82) is 0 Å². The fourth-order valence-corrected chi connectivity index (χ4v) is 1.25. The third-order valence-electron chi connectivity index (χ3n) is 2.00. The van der Waals surface area contributed by atoms with E-state index in [-0.39, 0.29) is 6.07 Å². The summed E-state index contributed by atoms with van der Waals surface area (Å²) >= 11 is 0. The second-order valence-corrected chi connectivity index (χ2v) is 3.38. The molecule has 0 bridgehead atoms. The van der Waals surface area contributed by atoms with Crippen molar-refractivity contribution in [3.63, 3.8) is 0 Å². The summed E-state index contributed by atoms with van der Waals surface area (Å²) in [5, 5.41) is 17.7. The number of alkyl halides is 3. The van der Waals surface area contributed by atoms with Crippen molar-refractivity contribution in [3.8, 4) is 0 Å². The number of benzene rings is 1. The Morgan fingerprint density at radius 2 is 1.88 bits per heavy atom. The second kappa shape index (κ2) is 4.70. The minimum Gasteiger partial charge on any atom is -0.481 e. The van der Waals surface area contributed by atoms with Crippen molar-refractivity contribution in [3.05, 3.63) is 35.1 Å². The molecular weight excluding hydrogens is 244 g/mol. The maximum atomic E-state index is 12.9. The van der Waals surface area contributed by atoms with Gasteiger partial charge in [-0.25, -0.2) is 4.39 Å². The van der Waals surface area contributed by atoms with Crippen LogP contribution in [0.5, 0.6) is 0 Å². The summed E-state index contributed by atoms with van der Waals surface area (Å²) in [5.41, 5.74) is -1.68. The van der Waals surface area contributed by atoms with Crippen LogP contribution >= 0.6 is 0 Å². The molecule has 1 rings (SSSR count). The number of hydrogen-bond donors (Lipinski definition) is 2. The van der Waals surface area contributed by atoms with E-state index in [2.05, 4.69) is 0 Å². The van der Waals surface area contributed by atoms with E-state index in [0.717, 1.165) is 0 Å². The lowest BCUT2D eigenvalue weighted by Crippen LogP contribution is -2.10. The molecule has 0 aromatic heterocycles. The van der Waals surface area contributed by atoms with Crippen molar-refractivity contribution < 1.29 is 32.6 Å². The normalized spacial score (nSPS) is 13.5. The van der Waals surface area contributed by atoms with Crippen molar-refractivity contribution in [2.24, 2.45) is 0 Å². The molecule has 2 N–H and O–H groups in total. The molecule has 17 heavy (non-hydrogen) atoms. The summed E-state index contributed by atoms with van der Waals surface area (Å²) in [6.07, 6.45) is -7.22. The van der Waals surface area contributed by atoms with Gasteiger partial charge in [-0.1, -0.05) is 0 Å². The zero-order valence-corrected chi connectivity index (χ0v) is 8.33. The first-order valence-corrected chi connectivity index (χ1v) is 4.47. The summed E-state index contributed by atoms with van der Waals surface area (Å²) in [6.45, 7) is 0. The monoisotopic (exact) mass is 252 g/mol. The zero-order valence-electron chi connectivity index (χ0n) is 8.33. The van der Waals surface area contributed by atoms with Gasteiger partial charge in [-0.2, -0.15) is 13.2 Å². The first kappa shape index (κ1) is 13.4. The number of aliphatic hydroxyl groups is 1. The average molecular weight is 252 g/mol. The van der Waals surface area contributed by atoms with Crippen LogP contribution in [-0.2, 0) is 11.0 Å². The highest BCUT2D eigenvalue weighted by atomic mass is 19.4. The SMILES string of the molecule is O=C(O)CC(O)c1cc(F)cc(C(F)(F)F)c1. The maximum absolute atomic E-state index is 12.9. The van der Waals surface area contributed by atoms with Crippen LogP contribution in [-0.4, -0.2) is 16.2 Å². The molecule has 0 amide bonds. The van der Waals surface area contributed by atoms with E-state index < -0.39 is 41.6 Å². The van der Waals surface area contributed by atoms with Crippen LogP contribution in [0.3, 0.4) is 0 Å². The standard InChI is InChI=1S/C10H8F4O3/c11-7-2-5(8(15)4-9(16)17)1-6(3-7)10(12,13)14/h1-3,8,15H,4H2,(H,16,17). The second-order valence-electron chi connectivity index (χ2n) is 3.38. The summed E-state index contributed by atoms with van der Waals surface area (Å²) in [5.74, 6) is -2.57. The van der Waals surface area contributed by atoms with Crippen LogP contribution in [0.1, 0.15) is 23.7 Å². The van der Waals surface area contributed by atoms with Gasteiger partial charge < -0.3 is 10.2 Å². The largest absolute Gasteiger partial charge is 0.481 e. The Hall–Kier alpha value is -1.63. The molecule has 1 aromatic carbocycles. The lowest BCUT2D eigenvalue weighted by atomic mass is 10.0. The molecule has 1 aromatic rings. The van der Waals surface area contributed by atoms with Gasteiger partial charge in [0.25, 0.3) is 0 Å². The quantitative estimate of drug-likeness (QED) is 0.812. The first-order valence-electron chi connectivity index (χ1n) is 4.47. The van der Waals surface area contributed by atoms with Gasteiger partial charge in [0.05, 0.1) is 18.1 Å². The highest BCUT2D eigenvalue weighted by Gasteiger charge is 2.32. The summed E-state index contributed by atoms with van der Waals surface area (Å²) in [6, 6.07) is 1.47. The van der Waals surface area contributed by atoms with Crippen LogP contribution < -0.4 is 0 Å². The Labute approximate surface area is 93.3 Å². The highest BCUT2D eigenvalue weighted by molar-refractivity contribution is 5.67. The number of halogens is 4. The molecule has 0 aliphatic rings. The van der Waals surface area contributed by atoms with E-state index in [0.29, 0.717) is 12.1 Å². The molecule has 3 nitrogen and oxygen atoms in total. The van der Waals surface area contributed by atoms with E-state index in [1.165, 1.54) is 0 Å². The molecule has 0 radical (unpaired) electrons. The van der Waals surface area contributed by atoms with Gasteiger partial charge in [-0.3, -0.25) is 4.79 Å². The van der Waals surface area contributed by atoms with Gasteiger partial charge in [0.1, 0.15) is 5.82 Å². The van der Waals surface area contributed by atoms with Gasteiger partial charge in [0.2, 0.25) is 0 Å². The number of aliphatic carboxylic acids is 1. The van der Waals surface area contributed by atoms with Gasteiger partial charge in [0, 0.05) is 0 Å². The Morgan fingerprint density at radius 1 is 1.29 bits per heavy atom. The van der Waals surface area contributed by atoms with Crippen molar-refractivity contribution in [1.82, 2.24) is 0 Å². The van der Waals surface area contributed by atoms with Crippen LogP contribution in [0.15, 0.2) is 18.2 Å². The lowest BCUT2D eigenvalue weighted by Gasteiger charge is -2.12. The summed E-state index contributed by atoms with van der Waals surface area (Å²) < 4.78 is 49.8. The third kappa shape index (κ3) is 3.70. The van der Waals surface area contributed by atoms with Crippen molar-refractivity contribution in [2.75, 3.05) is 0 Å². The van der Waals surface area contributed by atoms with Gasteiger partial charge in [0.15, 0.2) is 0 Å². The number of carboxylic acid groups (broad SMARTS) is 1. The van der Waals surface area contributed by atoms with Gasteiger partial charge in [-0.05, 0) is 23.8 Å². The maximum Gasteiger partial charge on any atom is 0.416 e. The smallest absolute Gasteiger partial charge is 0.416 e. The van der Waals surface area contributed by atoms with E-state index >= 15 is 0 Å². The molecule has 1 atom stereocenters. The fraction of sp³-hybridized carbons (Fsp3) is 0.300. The van der Waals surface area contributed by atoms with Crippen LogP contribution in [0.25, 0.3) is 0 Å². The molecule has 0 spiro atoms. The van der Waals surface area contributed by atoms with E-state index in [9.17, 15) is 27.5 Å². The Balaban J connectivity index is 3.09. The summed E-state index contributed by atoms with van der Waals surface area (Å²) in [4.78, 5) is 10.3. The molecule has 0 fully saturated rings. The van der Waals surface area contributed by atoms with Gasteiger partial charge >= 0.3 is 12.1 Å².